The summed E-state index contributed by atoms with van der Waals surface area (Å²) in [4.78, 5) is 27.9. The van der Waals surface area contributed by atoms with Crippen LogP contribution < -0.4 is 5.32 Å². The molecule has 2 aliphatic rings. The second kappa shape index (κ2) is 9.71. The number of amides is 2. The van der Waals surface area contributed by atoms with Gasteiger partial charge in [-0.05, 0) is 35.4 Å². The first-order valence-corrected chi connectivity index (χ1v) is 13.3. The maximum absolute atomic E-state index is 13.4. The van der Waals surface area contributed by atoms with Crippen molar-refractivity contribution in [2.45, 2.75) is 41.0 Å². The Morgan fingerprint density at radius 2 is 1.62 bits per heavy atom. The zero-order valence-electron chi connectivity index (χ0n) is 20.8. The molecule has 0 aromatic heterocycles. The van der Waals surface area contributed by atoms with Gasteiger partial charge in [0.15, 0.2) is 15.4 Å². The van der Waals surface area contributed by atoms with Crippen LogP contribution >= 0.6 is 0 Å². The normalized spacial score (nSPS) is 19.1. The third-order valence-electron chi connectivity index (χ3n) is 6.84. The Labute approximate surface area is 223 Å². The van der Waals surface area contributed by atoms with E-state index in [-0.39, 0.29) is 35.9 Å². The van der Waals surface area contributed by atoms with Gasteiger partial charge in [-0.1, -0.05) is 18.2 Å². The Morgan fingerprint density at radius 3 is 2.08 bits per heavy atom. The zero-order chi connectivity index (χ0) is 29.9. The van der Waals surface area contributed by atoms with Gasteiger partial charge in [0.1, 0.15) is 6.04 Å². The van der Waals surface area contributed by atoms with Crippen molar-refractivity contribution in [3.05, 3.63) is 59.2 Å². The number of nitrogens with one attached hydrogen (secondary N) is 1. The molecule has 2 aromatic carbocycles. The molecule has 2 aliphatic heterocycles. The largest absolute Gasteiger partial charge is 0.430 e. The molecule has 2 N–H and O–H groups in total. The fourth-order valence-corrected chi connectivity index (χ4v) is 5.17. The summed E-state index contributed by atoms with van der Waals surface area (Å²) in [6.07, 6.45) is -11.2. The lowest BCUT2D eigenvalue weighted by Crippen LogP contribution is -2.62. The average Bonchev–Trinajstić information content (AvgIpc) is 3.20. The van der Waals surface area contributed by atoms with Crippen LogP contribution in [0, 0.1) is 0 Å². The van der Waals surface area contributed by atoms with Crippen LogP contribution in [-0.4, -0.2) is 74.8 Å². The Balaban J connectivity index is 1.67. The summed E-state index contributed by atoms with van der Waals surface area (Å²) >= 11 is 0. The summed E-state index contributed by atoms with van der Waals surface area (Å²) in [5, 5.41) is 11.9. The molecule has 1 unspecified atom stereocenters. The number of fused-ring (bicyclic) bond motifs is 1. The molecular formula is C24H22F6N2O7S. The highest BCUT2D eigenvalue weighted by Crippen LogP contribution is 2.50. The van der Waals surface area contributed by atoms with Crippen LogP contribution in [0.5, 0.6) is 0 Å². The van der Waals surface area contributed by atoms with Gasteiger partial charge in [-0.3, -0.25) is 9.59 Å². The van der Waals surface area contributed by atoms with Crippen LogP contribution in [0.4, 0.5) is 32.0 Å². The van der Waals surface area contributed by atoms with Crippen LogP contribution in [0.25, 0.3) is 0 Å². The summed E-state index contributed by atoms with van der Waals surface area (Å²) in [5.74, 6) is -1.53. The molecule has 218 valence electrons. The number of alkyl halides is 6. The van der Waals surface area contributed by atoms with E-state index in [0.717, 1.165) is 23.3 Å². The molecule has 0 radical (unpaired) electrons. The Morgan fingerprint density at radius 1 is 1.05 bits per heavy atom. The first kappa shape index (κ1) is 29.8. The maximum Gasteiger partial charge on any atom is 0.430 e. The standard InChI is InChI=1S/C24H22F6N2O7S/c1-38-21(11-39-12-21)20(34)32-10-13-9-16(40(2,36)37)7-8-17(13)18(32)19(33)31-15-5-3-14(4-6-15)22(35,23(25,26)27)24(28,29)30/h3-9,18,35H,10-12H2,1-2H3,(H,31,33). The first-order chi connectivity index (χ1) is 18.4. The molecule has 2 amide bonds. The number of anilines is 1. The molecule has 1 atom stereocenters. The highest BCUT2D eigenvalue weighted by molar-refractivity contribution is 7.90. The van der Waals surface area contributed by atoms with Crippen molar-refractivity contribution in [1.82, 2.24) is 4.90 Å². The number of sulfone groups is 1. The lowest BCUT2D eigenvalue weighted by atomic mass is 9.92. The van der Waals surface area contributed by atoms with Gasteiger partial charge in [-0.2, -0.15) is 26.3 Å². The van der Waals surface area contributed by atoms with E-state index in [9.17, 15) is 49.5 Å². The van der Waals surface area contributed by atoms with Gasteiger partial charge in [-0.15, -0.1) is 0 Å². The number of carbonyl (C=O) groups is 2. The minimum Gasteiger partial charge on any atom is -0.374 e. The number of nitrogens with zero attached hydrogens (tertiary/aromatic N) is 1. The summed E-state index contributed by atoms with van der Waals surface area (Å²) < 4.78 is 114. The van der Waals surface area contributed by atoms with Crippen LogP contribution in [0.1, 0.15) is 22.7 Å². The van der Waals surface area contributed by atoms with Crippen molar-refractivity contribution in [3.8, 4) is 0 Å². The van der Waals surface area contributed by atoms with E-state index in [1.807, 2.05) is 0 Å². The predicted octanol–water partition coefficient (Wildman–Crippen LogP) is 2.84. The molecule has 1 saturated heterocycles. The SMILES string of the molecule is COC1(C(=O)N2Cc3cc(S(C)(=O)=O)ccc3C2C(=O)Nc2ccc(C(O)(C(F)(F)F)C(F)(F)F)cc2)COC1. The van der Waals surface area contributed by atoms with Crippen molar-refractivity contribution in [3.63, 3.8) is 0 Å². The van der Waals surface area contributed by atoms with Gasteiger partial charge in [0.2, 0.25) is 0 Å². The fraction of sp³-hybridized carbons (Fsp3) is 0.417. The third kappa shape index (κ3) is 4.82. The van der Waals surface area contributed by atoms with Crippen molar-refractivity contribution >= 4 is 27.3 Å². The molecule has 0 saturated carbocycles. The van der Waals surface area contributed by atoms with Crippen molar-refractivity contribution in [2.24, 2.45) is 0 Å². The summed E-state index contributed by atoms with van der Waals surface area (Å²) in [6.45, 7) is -0.411. The maximum atomic E-state index is 13.4. The monoisotopic (exact) mass is 596 g/mol. The van der Waals surface area contributed by atoms with Gasteiger partial charge in [0.05, 0.1) is 18.1 Å². The molecule has 16 heteroatoms. The summed E-state index contributed by atoms with van der Waals surface area (Å²) in [7, 11) is -2.37. The summed E-state index contributed by atoms with van der Waals surface area (Å²) in [5.41, 5.74) is -7.71. The van der Waals surface area contributed by atoms with Gasteiger partial charge < -0.3 is 24.8 Å². The van der Waals surface area contributed by atoms with E-state index >= 15 is 0 Å². The molecule has 2 aromatic rings. The number of rotatable bonds is 6. The number of hydrogen-bond acceptors (Lipinski definition) is 7. The predicted molar refractivity (Wildman–Crippen MR) is 124 cm³/mol. The van der Waals surface area contributed by atoms with Gasteiger partial charge in [0, 0.05) is 31.2 Å². The van der Waals surface area contributed by atoms with Crippen LogP contribution in [-0.2, 0) is 41.0 Å². The van der Waals surface area contributed by atoms with Crippen LogP contribution in [0.3, 0.4) is 0 Å². The van der Waals surface area contributed by atoms with Crippen LogP contribution in [0.2, 0.25) is 0 Å². The molecule has 9 nitrogen and oxygen atoms in total. The van der Waals surface area contributed by atoms with E-state index in [4.69, 9.17) is 9.47 Å². The molecule has 1 fully saturated rings. The van der Waals surface area contributed by atoms with Crippen molar-refractivity contribution in [2.75, 3.05) is 31.9 Å². The number of halogens is 6. The van der Waals surface area contributed by atoms with Crippen molar-refractivity contribution in [1.29, 1.82) is 0 Å². The molecule has 0 bridgehead atoms. The second-order valence-electron chi connectivity index (χ2n) is 9.43. The van der Waals surface area contributed by atoms with E-state index in [2.05, 4.69) is 5.32 Å². The number of aliphatic hydroxyl groups is 1. The fourth-order valence-electron chi connectivity index (χ4n) is 4.50. The molecule has 0 spiro atoms. The summed E-state index contributed by atoms with van der Waals surface area (Å²) in [6, 6.07) is 4.74. The Kier molecular flexibility index (Phi) is 7.23. The Bertz CT molecular complexity index is 1420. The van der Waals surface area contributed by atoms with Crippen molar-refractivity contribution < 1.29 is 58.9 Å². The third-order valence-corrected chi connectivity index (χ3v) is 7.95. The van der Waals surface area contributed by atoms with E-state index in [0.29, 0.717) is 17.7 Å². The van der Waals surface area contributed by atoms with Gasteiger partial charge in [-0.25, -0.2) is 8.42 Å². The van der Waals surface area contributed by atoms with Crippen LogP contribution in [0.15, 0.2) is 47.4 Å². The van der Waals surface area contributed by atoms with Gasteiger partial charge >= 0.3 is 12.4 Å². The second-order valence-corrected chi connectivity index (χ2v) is 11.4. The minimum absolute atomic E-state index is 0.0643. The van der Waals surface area contributed by atoms with E-state index in [1.54, 1.807) is 0 Å². The topological polar surface area (TPSA) is 122 Å². The van der Waals surface area contributed by atoms with E-state index in [1.165, 1.54) is 25.3 Å². The number of carbonyl (C=O) groups excluding carboxylic acids is 2. The molecular weight excluding hydrogens is 574 g/mol. The zero-order valence-corrected chi connectivity index (χ0v) is 21.6. The molecule has 2 heterocycles. The smallest absolute Gasteiger partial charge is 0.374 e. The highest BCUT2D eigenvalue weighted by atomic mass is 32.2. The number of methoxy groups -OCH3 is 1. The Hall–Kier alpha value is -3.21. The lowest BCUT2D eigenvalue weighted by Gasteiger charge is -2.41. The molecule has 0 aliphatic carbocycles. The lowest BCUT2D eigenvalue weighted by molar-refractivity contribution is -0.376. The number of ether oxygens (including phenoxy) is 2. The number of benzene rings is 2. The minimum atomic E-state index is -6.09. The quantitative estimate of drug-likeness (QED) is 0.492. The first-order valence-electron chi connectivity index (χ1n) is 11.4. The van der Waals surface area contributed by atoms with E-state index < -0.39 is 56.8 Å². The molecule has 40 heavy (non-hydrogen) atoms. The average molecular weight is 597 g/mol. The molecule has 4 rings (SSSR count). The van der Waals surface area contributed by atoms with Gasteiger partial charge in [0.25, 0.3) is 17.4 Å². The highest BCUT2D eigenvalue weighted by Gasteiger charge is 2.71. The number of hydrogen-bond donors (Lipinski definition) is 2.